The Labute approximate surface area is 111 Å². The van der Waals surface area contributed by atoms with Crippen molar-refractivity contribution >= 4 is 11.7 Å². The summed E-state index contributed by atoms with van der Waals surface area (Å²) in [5.41, 5.74) is 0.550. The number of rotatable bonds is 5. The minimum atomic E-state index is -0.593. The molecule has 1 aromatic rings. The molecule has 1 aliphatic heterocycles. The van der Waals surface area contributed by atoms with Crippen molar-refractivity contribution in [3.8, 4) is 0 Å². The van der Waals surface area contributed by atoms with Gasteiger partial charge in [-0.3, -0.25) is 0 Å². The van der Waals surface area contributed by atoms with E-state index in [0.717, 1.165) is 12.8 Å². The number of anilines is 1. The van der Waals surface area contributed by atoms with Crippen LogP contribution >= 0.6 is 0 Å². The van der Waals surface area contributed by atoms with Crippen molar-refractivity contribution < 1.29 is 18.7 Å². The van der Waals surface area contributed by atoms with Crippen molar-refractivity contribution in [2.24, 2.45) is 0 Å². The predicted octanol–water partition coefficient (Wildman–Crippen LogP) is 2.35. The number of benzene rings is 1. The number of carbonyl (C=O) groups excluding carboxylic acids is 1. The highest BCUT2D eigenvalue weighted by atomic mass is 19.1. The van der Waals surface area contributed by atoms with Crippen molar-refractivity contribution in [2.75, 3.05) is 18.5 Å². The van der Waals surface area contributed by atoms with Gasteiger partial charge in [-0.15, -0.1) is 0 Å². The molecule has 0 aliphatic carbocycles. The normalized spacial score (nSPS) is 20.0. The van der Waals surface area contributed by atoms with E-state index in [1.54, 1.807) is 19.1 Å². The van der Waals surface area contributed by atoms with E-state index in [9.17, 15) is 9.18 Å². The topological polar surface area (TPSA) is 47.6 Å². The van der Waals surface area contributed by atoms with Crippen LogP contribution in [0.3, 0.4) is 0 Å². The lowest BCUT2D eigenvalue weighted by molar-refractivity contribution is -0.146. The van der Waals surface area contributed by atoms with Gasteiger partial charge < -0.3 is 14.8 Å². The molecule has 1 heterocycles. The summed E-state index contributed by atoms with van der Waals surface area (Å²) in [7, 11) is 0. The van der Waals surface area contributed by atoms with Gasteiger partial charge in [0.1, 0.15) is 5.82 Å². The summed E-state index contributed by atoms with van der Waals surface area (Å²) in [4.78, 5) is 12.0. The van der Waals surface area contributed by atoms with Gasteiger partial charge in [-0.05, 0) is 38.0 Å². The molecule has 1 saturated heterocycles. The highest BCUT2D eigenvalue weighted by Gasteiger charge is 2.32. The van der Waals surface area contributed by atoms with Crippen molar-refractivity contribution in [3.63, 3.8) is 0 Å². The second-order valence-electron chi connectivity index (χ2n) is 4.44. The van der Waals surface area contributed by atoms with Crippen molar-refractivity contribution in [3.05, 3.63) is 30.1 Å². The summed E-state index contributed by atoms with van der Waals surface area (Å²) >= 11 is 0. The Morgan fingerprint density at radius 2 is 2.47 bits per heavy atom. The molecule has 2 unspecified atom stereocenters. The quantitative estimate of drug-likeness (QED) is 0.832. The van der Waals surface area contributed by atoms with E-state index < -0.39 is 6.04 Å². The standard InChI is InChI=1S/C14H18FNO3/c1-2-18-14(17)13(12-7-4-8-19-12)16-11-6-3-5-10(15)9-11/h3,5-6,9,12-13,16H,2,4,7-8H2,1H3. The fourth-order valence-corrected chi connectivity index (χ4v) is 2.16. The zero-order chi connectivity index (χ0) is 13.7. The molecule has 1 aliphatic rings. The van der Waals surface area contributed by atoms with Crippen molar-refractivity contribution in [2.45, 2.75) is 31.9 Å². The van der Waals surface area contributed by atoms with E-state index in [1.165, 1.54) is 12.1 Å². The number of nitrogens with one attached hydrogen (secondary N) is 1. The second kappa shape index (κ2) is 6.52. The van der Waals surface area contributed by atoms with E-state index >= 15 is 0 Å². The molecule has 0 bridgehead atoms. The van der Waals surface area contributed by atoms with Gasteiger partial charge in [-0.2, -0.15) is 0 Å². The van der Waals surface area contributed by atoms with Gasteiger partial charge in [0, 0.05) is 12.3 Å². The van der Waals surface area contributed by atoms with Crippen molar-refractivity contribution in [1.82, 2.24) is 0 Å². The summed E-state index contributed by atoms with van der Waals surface area (Å²) in [5, 5.41) is 3.01. The van der Waals surface area contributed by atoms with Crippen LogP contribution in [0.2, 0.25) is 0 Å². The van der Waals surface area contributed by atoms with Gasteiger partial charge >= 0.3 is 5.97 Å². The smallest absolute Gasteiger partial charge is 0.331 e. The molecule has 1 aromatic carbocycles. The first-order valence-electron chi connectivity index (χ1n) is 6.51. The molecule has 5 heteroatoms. The van der Waals surface area contributed by atoms with Crippen molar-refractivity contribution in [1.29, 1.82) is 0 Å². The summed E-state index contributed by atoms with van der Waals surface area (Å²) in [5.74, 6) is -0.710. The lowest BCUT2D eigenvalue weighted by Gasteiger charge is -2.23. The first-order chi connectivity index (χ1) is 9.20. The molecule has 0 saturated carbocycles. The Balaban J connectivity index is 2.10. The largest absolute Gasteiger partial charge is 0.464 e. The molecule has 19 heavy (non-hydrogen) atoms. The Morgan fingerprint density at radius 1 is 1.63 bits per heavy atom. The molecule has 2 rings (SSSR count). The first-order valence-corrected chi connectivity index (χ1v) is 6.51. The summed E-state index contributed by atoms with van der Waals surface area (Å²) in [6, 6.07) is 5.42. The van der Waals surface area contributed by atoms with E-state index in [-0.39, 0.29) is 17.9 Å². The van der Waals surface area contributed by atoms with Gasteiger partial charge in [0.15, 0.2) is 6.04 Å². The third-order valence-corrected chi connectivity index (χ3v) is 3.02. The van der Waals surface area contributed by atoms with Gasteiger partial charge in [0.25, 0.3) is 0 Å². The SMILES string of the molecule is CCOC(=O)C(Nc1cccc(F)c1)C1CCCO1. The number of hydrogen-bond donors (Lipinski definition) is 1. The van der Waals surface area contributed by atoms with E-state index in [0.29, 0.717) is 18.9 Å². The molecule has 0 radical (unpaired) electrons. The zero-order valence-electron chi connectivity index (χ0n) is 10.9. The van der Waals surface area contributed by atoms with E-state index in [4.69, 9.17) is 9.47 Å². The summed E-state index contributed by atoms with van der Waals surface area (Å²) in [6.45, 7) is 2.71. The maximum atomic E-state index is 13.2. The fraction of sp³-hybridized carbons (Fsp3) is 0.500. The Kier molecular flexibility index (Phi) is 4.74. The number of hydrogen-bond acceptors (Lipinski definition) is 4. The average Bonchev–Trinajstić information content (AvgIpc) is 2.90. The zero-order valence-corrected chi connectivity index (χ0v) is 10.9. The summed E-state index contributed by atoms with van der Waals surface area (Å²) < 4.78 is 23.7. The highest BCUT2D eigenvalue weighted by Crippen LogP contribution is 2.20. The van der Waals surface area contributed by atoms with Gasteiger partial charge in [-0.25, -0.2) is 9.18 Å². The van der Waals surface area contributed by atoms with Gasteiger partial charge in [-0.1, -0.05) is 6.07 Å². The molecular formula is C14H18FNO3. The van der Waals surface area contributed by atoms with Crippen LogP contribution in [0.25, 0.3) is 0 Å². The number of carbonyl (C=O) groups is 1. The molecule has 4 nitrogen and oxygen atoms in total. The van der Waals surface area contributed by atoms with Crippen LogP contribution in [0.1, 0.15) is 19.8 Å². The van der Waals surface area contributed by atoms with Gasteiger partial charge in [0.2, 0.25) is 0 Å². The van der Waals surface area contributed by atoms with Crippen LogP contribution in [0.5, 0.6) is 0 Å². The third-order valence-electron chi connectivity index (χ3n) is 3.02. The molecule has 1 fully saturated rings. The fourth-order valence-electron chi connectivity index (χ4n) is 2.16. The van der Waals surface area contributed by atoms with Crippen LogP contribution in [0, 0.1) is 5.82 Å². The number of halogens is 1. The Bertz CT molecular complexity index is 432. The molecule has 104 valence electrons. The molecule has 0 spiro atoms. The lowest BCUT2D eigenvalue weighted by Crippen LogP contribution is -2.41. The first kappa shape index (κ1) is 13.8. The van der Waals surface area contributed by atoms with Crippen LogP contribution in [-0.4, -0.2) is 31.3 Å². The van der Waals surface area contributed by atoms with E-state index in [2.05, 4.69) is 5.32 Å². The average molecular weight is 267 g/mol. The van der Waals surface area contributed by atoms with Gasteiger partial charge in [0.05, 0.1) is 12.7 Å². The Morgan fingerprint density at radius 3 is 3.11 bits per heavy atom. The molecule has 0 amide bonds. The predicted molar refractivity (Wildman–Crippen MR) is 69.4 cm³/mol. The van der Waals surface area contributed by atoms with Crippen LogP contribution in [0.4, 0.5) is 10.1 Å². The molecule has 0 aromatic heterocycles. The highest BCUT2D eigenvalue weighted by molar-refractivity contribution is 5.80. The van der Waals surface area contributed by atoms with Crippen LogP contribution in [-0.2, 0) is 14.3 Å². The molecule has 1 N–H and O–H groups in total. The minimum absolute atomic E-state index is 0.220. The minimum Gasteiger partial charge on any atom is -0.464 e. The van der Waals surface area contributed by atoms with Crippen LogP contribution < -0.4 is 5.32 Å². The number of ether oxygens (including phenoxy) is 2. The Hall–Kier alpha value is -1.62. The molecular weight excluding hydrogens is 249 g/mol. The maximum Gasteiger partial charge on any atom is 0.331 e. The maximum absolute atomic E-state index is 13.2. The summed E-state index contributed by atoms with van der Waals surface area (Å²) in [6.07, 6.45) is 1.50. The molecule has 2 atom stereocenters. The van der Waals surface area contributed by atoms with Crippen LogP contribution in [0.15, 0.2) is 24.3 Å². The third kappa shape index (κ3) is 3.67. The lowest BCUT2D eigenvalue weighted by atomic mass is 10.1. The van der Waals surface area contributed by atoms with E-state index in [1.807, 2.05) is 0 Å². The monoisotopic (exact) mass is 267 g/mol. The second-order valence-corrected chi connectivity index (χ2v) is 4.44. The number of esters is 1.